The number of aromatic hydroxyl groups is 1. The molecule has 33 heavy (non-hydrogen) atoms. The van der Waals surface area contributed by atoms with Crippen LogP contribution in [0.3, 0.4) is 0 Å². The topological polar surface area (TPSA) is 204 Å². The number of hydrogen-bond donors (Lipinski definition) is 6. The lowest BCUT2D eigenvalue weighted by atomic mass is 9.58. The number of primary amides is 1. The minimum absolute atomic E-state index is 0.119. The molecule has 1 aromatic rings. The van der Waals surface area contributed by atoms with Gasteiger partial charge >= 0.3 is 0 Å². The monoisotopic (exact) mass is 482 g/mol. The lowest BCUT2D eigenvalue weighted by molar-refractivity contribution is -0.149. The zero-order chi connectivity index (χ0) is 24.6. The van der Waals surface area contributed by atoms with E-state index < -0.39 is 85.2 Å². The first-order valence-corrected chi connectivity index (χ1v) is 11.5. The van der Waals surface area contributed by atoms with E-state index in [4.69, 9.17) is 5.73 Å². The number of aliphatic hydroxyl groups excluding tert-OH is 2. The normalized spacial score (nSPS) is 29.5. The number of hydrogen-bond acceptors (Lipinski definition) is 9. The van der Waals surface area contributed by atoms with Gasteiger partial charge in [-0.1, -0.05) is 0 Å². The van der Waals surface area contributed by atoms with Crippen molar-refractivity contribution in [3.63, 3.8) is 0 Å². The Kier molecular flexibility index (Phi) is 4.93. The predicted octanol–water partition coefficient (Wildman–Crippen LogP) is -0.909. The molecule has 4 rings (SSSR count). The Hall–Kier alpha value is -3.29. The molecule has 1 fully saturated rings. The Morgan fingerprint density at radius 1 is 1.24 bits per heavy atom. The summed E-state index contributed by atoms with van der Waals surface area (Å²) in [5.41, 5.74) is 0.0323. The number of aliphatic hydroxyl groups is 3. The van der Waals surface area contributed by atoms with Gasteiger partial charge in [0.05, 0.1) is 17.9 Å². The van der Waals surface area contributed by atoms with Gasteiger partial charge < -0.3 is 26.2 Å². The molecule has 1 aromatic carbocycles. The van der Waals surface area contributed by atoms with Crippen LogP contribution in [0.15, 0.2) is 29.0 Å². The Labute approximate surface area is 186 Å². The van der Waals surface area contributed by atoms with E-state index in [1.807, 2.05) is 4.72 Å². The summed E-state index contributed by atoms with van der Waals surface area (Å²) >= 11 is 0. The van der Waals surface area contributed by atoms with Crippen LogP contribution in [0.25, 0.3) is 5.76 Å². The number of amides is 1. The van der Waals surface area contributed by atoms with Gasteiger partial charge in [0.15, 0.2) is 11.4 Å². The number of carbonyl (C=O) groups excluding carboxylic acids is 3. The largest absolute Gasteiger partial charge is 0.508 e. The fourth-order valence-corrected chi connectivity index (χ4v) is 5.74. The number of phenolic OH excluding ortho intramolecular Hbond substituents is 1. The van der Waals surface area contributed by atoms with E-state index in [0.717, 1.165) is 12.1 Å². The van der Waals surface area contributed by atoms with Crippen LogP contribution in [0.4, 0.5) is 4.39 Å². The zero-order valence-electron chi connectivity index (χ0n) is 17.0. The third-order valence-electron chi connectivity index (χ3n) is 6.37. The fraction of sp³-hybridized carbons (Fsp3) is 0.350. The predicted molar refractivity (Wildman–Crippen MR) is 108 cm³/mol. The Bertz CT molecular complexity index is 1320. The average Bonchev–Trinajstić information content (AvgIpc) is 2.69. The standard InChI is InChI=1S/C20H19FN2O9S/c1-33(31,32)23-14-8-5-6-4-7-9(21)2-3-10(24)12(7)15(25)11(6)17(27)20(8,30)18(28)13(16(14)26)19(22)29/h2-3,6,8,14,23-25,28,30H,4-5H2,1H3,(H2,22,29)/t6-,8-,14-,20-/m0/s1. The van der Waals surface area contributed by atoms with Crippen molar-refractivity contribution in [3.05, 3.63) is 46.0 Å². The van der Waals surface area contributed by atoms with Gasteiger partial charge in [-0.3, -0.25) is 14.4 Å². The van der Waals surface area contributed by atoms with Crippen molar-refractivity contribution >= 4 is 33.3 Å². The van der Waals surface area contributed by atoms with Crippen LogP contribution in [-0.2, 0) is 30.8 Å². The van der Waals surface area contributed by atoms with E-state index in [9.17, 15) is 47.6 Å². The van der Waals surface area contributed by atoms with Gasteiger partial charge in [-0.05, 0) is 30.9 Å². The van der Waals surface area contributed by atoms with E-state index in [1.165, 1.54) is 0 Å². The second-order valence-electron chi connectivity index (χ2n) is 8.34. The molecule has 0 bridgehead atoms. The highest BCUT2D eigenvalue weighted by Gasteiger charge is 2.64. The van der Waals surface area contributed by atoms with Gasteiger partial charge in [0.25, 0.3) is 5.91 Å². The quantitative estimate of drug-likeness (QED) is 0.295. The molecule has 0 spiro atoms. The van der Waals surface area contributed by atoms with Gasteiger partial charge in [-0.2, -0.15) is 0 Å². The number of halogens is 1. The summed E-state index contributed by atoms with van der Waals surface area (Å²) in [6.45, 7) is 0. The molecule has 13 heteroatoms. The average molecular weight is 482 g/mol. The van der Waals surface area contributed by atoms with Crippen LogP contribution >= 0.6 is 0 Å². The molecule has 0 saturated heterocycles. The lowest BCUT2D eigenvalue weighted by Gasteiger charge is -2.48. The zero-order valence-corrected chi connectivity index (χ0v) is 17.8. The van der Waals surface area contributed by atoms with Crippen molar-refractivity contribution in [3.8, 4) is 5.75 Å². The number of carbonyl (C=O) groups is 3. The van der Waals surface area contributed by atoms with E-state index in [0.29, 0.717) is 6.26 Å². The summed E-state index contributed by atoms with van der Waals surface area (Å²) in [6, 6.07) is 0.0648. The van der Waals surface area contributed by atoms with Crippen LogP contribution in [0.2, 0.25) is 0 Å². The number of Topliss-reactive ketones (excluding diaryl/α,β-unsaturated/α-hetero) is 2. The smallest absolute Gasteiger partial charge is 0.255 e. The van der Waals surface area contributed by atoms with E-state index in [2.05, 4.69) is 0 Å². The van der Waals surface area contributed by atoms with Crippen LogP contribution in [0.1, 0.15) is 17.5 Å². The molecule has 1 saturated carbocycles. The molecule has 11 nitrogen and oxygen atoms in total. The number of phenols is 1. The first-order valence-electron chi connectivity index (χ1n) is 9.66. The first-order chi connectivity index (χ1) is 15.2. The molecule has 3 aliphatic rings. The van der Waals surface area contributed by atoms with Gasteiger partial charge in [-0.15, -0.1) is 0 Å². The lowest BCUT2D eigenvalue weighted by Crippen LogP contribution is -2.66. The number of benzene rings is 1. The number of rotatable bonds is 3. The number of fused-ring (bicyclic) bond motifs is 3. The molecular formula is C20H19FN2O9S. The molecule has 176 valence electrons. The van der Waals surface area contributed by atoms with Crippen molar-refractivity contribution in [2.24, 2.45) is 17.6 Å². The molecule has 0 radical (unpaired) electrons. The van der Waals surface area contributed by atoms with Crippen molar-refractivity contribution < 1.29 is 47.6 Å². The highest BCUT2D eigenvalue weighted by atomic mass is 32.2. The van der Waals surface area contributed by atoms with E-state index in [-0.39, 0.29) is 24.0 Å². The van der Waals surface area contributed by atoms with E-state index >= 15 is 0 Å². The van der Waals surface area contributed by atoms with Crippen LogP contribution in [0.5, 0.6) is 5.75 Å². The summed E-state index contributed by atoms with van der Waals surface area (Å²) < 4.78 is 40.2. The minimum Gasteiger partial charge on any atom is -0.508 e. The fourth-order valence-electron chi connectivity index (χ4n) is 5.01. The highest BCUT2D eigenvalue weighted by molar-refractivity contribution is 7.88. The summed E-state index contributed by atoms with van der Waals surface area (Å²) in [5, 5.41) is 42.8. The third kappa shape index (κ3) is 3.14. The molecule has 0 aromatic heterocycles. The maximum Gasteiger partial charge on any atom is 0.255 e. The summed E-state index contributed by atoms with van der Waals surface area (Å²) in [6.07, 6.45) is 0.101. The highest BCUT2D eigenvalue weighted by Crippen LogP contribution is 2.52. The number of ketones is 2. The van der Waals surface area contributed by atoms with Crippen molar-refractivity contribution in [2.45, 2.75) is 24.5 Å². The van der Waals surface area contributed by atoms with Gasteiger partial charge in [0, 0.05) is 17.1 Å². The summed E-state index contributed by atoms with van der Waals surface area (Å²) in [5.74, 6) is -10.2. The van der Waals surface area contributed by atoms with Crippen molar-refractivity contribution in [1.82, 2.24) is 4.72 Å². The van der Waals surface area contributed by atoms with Gasteiger partial charge in [0.1, 0.15) is 28.7 Å². The molecule has 3 aliphatic carbocycles. The first kappa shape index (κ1) is 22.9. The molecule has 0 aliphatic heterocycles. The SMILES string of the molecule is CS(=O)(=O)N[C@@H]1C(=O)C(C(N)=O)=C(O)[C@@]2(O)C(=O)C3=C(O)c4c(O)ccc(F)c4C[C@H]3C[C@@H]12. The number of nitrogens with one attached hydrogen (secondary N) is 1. The Balaban J connectivity index is 1.99. The Morgan fingerprint density at radius 2 is 1.88 bits per heavy atom. The molecule has 7 N–H and O–H groups in total. The minimum atomic E-state index is -4.12. The summed E-state index contributed by atoms with van der Waals surface area (Å²) in [7, 11) is -4.12. The number of sulfonamides is 1. The summed E-state index contributed by atoms with van der Waals surface area (Å²) in [4.78, 5) is 38.2. The molecule has 0 heterocycles. The maximum atomic E-state index is 14.4. The second-order valence-corrected chi connectivity index (χ2v) is 10.1. The van der Waals surface area contributed by atoms with Crippen molar-refractivity contribution in [2.75, 3.05) is 6.26 Å². The third-order valence-corrected chi connectivity index (χ3v) is 7.05. The molecular weight excluding hydrogens is 463 g/mol. The van der Waals surface area contributed by atoms with Gasteiger partial charge in [0.2, 0.25) is 15.8 Å². The molecule has 4 atom stereocenters. The Morgan fingerprint density at radius 3 is 2.45 bits per heavy atom. The second kappa shape index (κ2) is 7.10. The van der Waals surface area contributed by atoms with Gasteiger partial charge in [-0.25, -0.2) is 17.5 Å². The van der Waals surface area contributed by atoms with Crippen molar-refractivity contribution in [1.29, 1.82) is 0 Å². The van der Waals surface area contributed by atoms with Crippen LogP contribution in [-0.4, -0.2) is 64.2 Å². The molecule has 1 amide bonds. The maximum absolute atomic E-state index is 14.4. The van der Waals surface area contributed by atoms with E-state index in [1.54, 1.807) is 0 Å². The number of nitrogens with two attached hydrogens (primary N) is 1. The van der Waals surface area contributed by atoms with Crippen LogP contribution in [0, 0.1) is 17.7 Å². The van der Waals surface area contributed by atoms with Crippen LogP contribution < -0.4 is 10.5 Å². The molecule has 0 unspecified atom stereocenters.